The van der Waals surface area contributed by atoms with E-state index in [2.05, 4.69) is 10.2 Å². The van der Waals surface area contributed by atoms with Crippen LogP contribution >= 0.6 is 0 Å². The molecule has 1 atom stereocenters. The van der Waals surface area contributed by atoms with E-state index in [0.717, 1.165) is 38.9 Å². The SMILES string of the molecule is CNC(=O)CCCN1CCC[C@H](O)C1. The molecule has 1 amide bonds. The predicted molar refractivity (Wildman–Crippen MR) is 55.0 cm³/mol. The monoisotopic (exact) mass is 200 g/mol. The van der Waals surface area contributed by atoms with Crippen molar-refractivity contribution < 1.29 is 9.90 Å². The van der Waals surface area contributed by atoms with Crippen LogP contribution in [-0.2, 0) is 4.79 Å². The van der Waals surface area contributed by atoms with Crippen LogP contribution in [0.5, 0.6) is 0 Å². The lowest BCUT2D eigenvalue weighted by Gasteiger charge is -2.29. The quantitative estimate of drug-likeness (QED) is 0.670. The molecule has 0 aromatic rings. The van der Waals surface area contributed by atoms with Crippen molar-refractivity contribution in [3.8, 4) is 0 Å². The van der Waals surface area contributed by atoms with E-state index in [1.165, 1.54) is 0 Å². The largest absolute Gasteiger partial charge is 0.392 e. The van der Waals surface area contributed by atoms with E-state index in [1.54, 1.807) is 7.05 Å². The molecule has 1 aliphatic rings. The molecule has 0 radical (unpaired) electrons. The Balaban J connectivity index is 2.08. The molecule has 0 aliphatic carbocycles. The first-order valence-corrected chi connectivity index (χ1v) is 5.33. The molecule has 1 rings (SSSR count). The van der Waals surface area contributed by atoms with Crippen LogP contribution in [0.25, 0.3) is 0 Å². The number of hydrogen-bond donors (Lipinski definition) is 2. The fraction of sp³-hybridized carbons (Fsp3) is 0.900. The summed E-state index contributed by atoms with van der Waals surface area (Å²) in [5, 5.41) is 12.0. The summed E-state index contributed by atoms with van der Waals surface area (Å²) >= 11 is 0. The number of β-amino-alcohol motifs (C(OH)–C–C–N with tert-alkyl or cyclic N) is 1. The maximum atomic E-state index is 10.9. The van der Waals surface area contributed by atoms with E-state index in [-0.39, 0.29) is 12.0 Å². The first-order chi connectivity index (χ1) is 6.72. The Labute approximate surface area is 85.3 Å². The lowest BCUT2D eigenvalue weighted by atomic mass is 10.1. The Bertz CT molecular complexity index is 185. The topological polar surface area (TPSA) is 52.6 Å². The molecule has 0 unspecified atom stereocenters. The summed E-state index contributed by atoms with van der Waals surface area (Å²) in [4.78, 5) is 13.2. The molecule has 0 aromatic carbocycles. The van der Waals surface area contributed by atoms with E-state index >= 15 is 0 Å². The zero-order valence-electron chi connectivity index (χ0n) is 8.83. The molecule has 1 fully saturated rings. The summed E-state index contributed by atoms with van der Waals surface area (Å²) in [6.07, 6.45) is 3.30. The Morgan fingerprint density at radius 2 is 2.43 bits per heavy atom. The van der Waals surface area contributed by atoms with Crippen molar-refractivity contribution in [2.45, 2.75) is 31.8 Å². The Morgan fingerprint density at radius 3 is 3.07 bits per heavy atom. The van der Waals surface area contributed by atoms with Gasteiger partial charge in [0.05, 0.1) is 6.10 Å². The molecule has 4 nitrogen and oxygen atoms in total. The molecule has 0 saturated carbocycles. The van der Waals surface area contributed by atoms with Crippen LogP contribution in [0.2, 0.25) is 0 Å². The third kappa shape index (κ3) is 4.07. The number of hydrogen-bond acceptors (Lipinski definition) is 3. The second-order valence-corrected chi connectivity index (χ2v) is 3.87. The summed E-state index contributed by atoms with van der Waals surface area (Å²) in [5.74, 6) is 0.0996. The first kappa shape index (κ1) is 11.5. The molecular formula is C10H20N2O2. The van der Waals surface area contributed by atoms with Gasteiger partial charge in [0.1, 0.15) is 0 Å². The summed E-state index contributed by atoms with van der Waals surface area (Å²) in [5.41, 5.74) is 0. The molecule has 1 heterocycles. The highest BCUT2D eigenvalue weighted by molar-refractivity contribution is 5.75. The number of rotatable bonds is 4. The Hall–Kier alpha value is -0.610. The molecule has 0 spiro atoms. The number of amides is 1. The normalized spacial score (nSPS) is 23.4. The summed E-state index contributed by atoms with van der Waals surface area (Å²) in [6.45, 7) is 2.75. The number of carbonyl (C=O) groups excluding carboxylic acids is 1. The highest BCUT2D eigenvalue weighted by Gasteiger charge is 2.16. The van der Waals surface area contributed by atoms with Gasteiger partial charge in [0.25, 0.3) is 0 Å². The standard InChI is InChI=1S/C10H20N2O2/c1-11-10(14)5-3-7-12-6-2-4-9(13)8-12/h9,13H,2-8H2,1H3,(H,11,14)/t9-/m0/s1. The van der Waals surface area contributed by atoms with Gasteiger partial charge < -0.3 is 15.3 Å². The maximum Gasteiger partial charge on any atom is 0.219 e. The minimum atomic E-state index is -0.163. The number of carbonyl (C=O) groups is 1. The van der Waals surface area contributed by atoms with Gasteiger partial charge in [-0.25, -0.2) is 0 Å². The van der Waals surface area contributed by atoms with E-state index in [1.807, 2.05) is 0 Å². The second-order valence-electron chi connectivity index (χ2n) is 3.87. The minimum Gasteiger partial charge on any atom is -0.392 e. The zero-order chi connectivity index (χ0) is 10.4. The highest BCUT2D eigenvalue weighted by Crippen LogP contribution is 2.10. The minimum absolute atomic E-state index is 0.0996. The number of aliphatic hydroxyl groups excluding tert-OH is 1. The van der Waals surface area contributed by atoms with Crippen molar-refractivity contribution in [2.24, 2.45) is 0 Å². The van der Waals surface area contributed by atoms with Crippen LogP contribution in [0.15, 0.2) is 0 Å². The van der Waals surface area contributed by atoms with E-state index in [9.17, 15) is 9.90 Å². The van der Waals surface area contributed by atoms with Crippen LogP contribution in [0, 0.1) is 0 Å². The zero-order valence-corrected chi connectivity index (χ0v) is 8.83. The molecule has 82 valence electrons. The predicted octanol–water partition coefficient (Wildman–Crippen LogP) is -0.0307. The average molecular weight is 200 g/mol. The average Bonchev–Trinajstić information content (AvgIpc) is 2.17. The number of aliphatic hydroxyl groups is 1. The molecule has 14 heavy (non-hydrogen) atoms. The number of nitrogens with one attached hydrogen (secondary N) is 1. The molecule has 2 N–H and O–H groups in total. The van der Waals surface area contributed by atoms with Crippen LogP contribution < -0.4 is 5.32 Å². The van der Waals surface area contributed by atoms with E-state index in [0.29, 0.717) is 6.42 Å². The van der Waals surface area contributed by atoms with Crippen LogP contribution in [-0.4, -0.2) is 48.7 Å². The van der Waals surface area contributed by atoms with Crippen LogP contribution in [0.1, 0.15) is 25.7 Å². The molecule has 4 heteroatoms. The number of nitrogens with zero attached hydrogens (tertiary/aromatic N) is 1. The molecular weight excluding hydrogens is 180 g/mol. The van der Waals surface area contributed by atoms with E-state index in [4.69, 9.17) is 0 Å². The van der Waals surface area contributed by atoms with Crippen molar-refractivity contribution in [3.05, 3.63) is 0 Å². The third-order valence-corrected chi connectivity index (χ3v) is 2.64. The summed E-state index contributed by atoms with van der Waals surface area (Å²) in [7, 11) is 1.66. The van der Waals surface area contributed by atoms with Gasteiger partial charge in [-0.15, -0.1) is 0 Å². The van der Waals surface area contributed by atoms with Gasteiger partial charge in [-0.2, -0.15) is 0 Å². The van der Waals surface area contributed by atoms with Gasteiger partial charge in [-0.05, 0) is 32.4 Å². The fourth-order valence-electron chi connectivity index (χ4n) is 1.82. The van der Waals surface area contributed by atoms with Crippen molar-refractivity contribution in [3.63, 3.8) is 0 Å². The maximum absolute atomic E-state index is 10.9. The second kappa shape index (κ2) is 5.98. The van der Waals surface area contributed by atoms with Crippen molar-refractivity contribution in [1.29, 1.82) is 0 Å². The Kier molecular flexibility index (Phi) is 4.90. The van der Waals surface area contributed by atoms with Gasteiger partial charge in [0.2, 0.25) is 5.91 Å². The van der Waals surface area contributed by atoms with Crippen LogP contribution in [0.4, 0.5) is 0 Å². The van der Waals surface area contributed by atoms with Crippen LogP contribution in [0.3, 0.4) is 0 Å². The third-order valence-electron chi connectivity index (χ3n) is 2.64. The molecule has 1 aliphatic heterocycles. The highest BCUT2D eigenvalue weighted by atomic mass is 16.3. The molecule has 0 aromatic heterocycles. The molecule has 1 saturated heterocycles. The smallest absolute Gasteiger partial charge is 0.219 e. The summed E-state index contributed by atoms with van der Waals surface area (Å²) in [6, 6.07) is 0. The summed E-state index contributed by atoms with van der Waals surface area (Å²) < 4.78 is 0. The van der Waals surface area contributed by atoms with Gasteiger partial charge in [-0.3, -0.25) is 4.79 Å². The first-order valence-electron chi connectivity index (χ1n) is 5.33. The van der Waals surface area contributed by atoms with Gasteiger partial charge in [-0.1, -0.05) is 0 Å². The van der Waals surface area contributed by atoms with Crippen molar-refractivity contribution in [2.75, 3.05) is 26.7 Å². The fourth-order valence-corrected chi connectivity index (χ4v) is 1.82. The molecule has 0 bridgehead atoms. The van der Waals surface area contributed by atoms with Gasteiger partial charge >= 0.3 is 0 Å². The lowest BCUT2D eigenvalue weighted by Crippen LogP contribution is -2.39. The van der Waals surface area contributed by atoms with E-state index < -0.39 is 0 Å². The van der Waals surface area contributed by atoms with Gasteiger partial charge in [0, 0.05) is 20.0 Å². The van der Waals surface area contributed by atoms with Crippen molar-refractivity contribution >= 4 is 5.91 Å². The number of likely N-dealkylation sites (tertiary alicyclic amines) is 1. The lowest BCUT2D eigenvalue weighted by molar-refractivity contribution is -0.120. The number of piperidine rings is 1. The van der Waals surface area contributed by atoms with Crippen molar-refractivity contribution in [1.82, 2.24) is 10.2 Å². The van der Waals surface area contributed by atoms with Gasteiger partial charge in [0.15, 0.2) is 0 Å². The Morgan fingerprint density at radius 1 is 1.64 bits per heavy atom.